The Balaban J connectivity index is 1.84. The van der Waals surface area contributed by atoms with E-state index in [4.69, 9.17) is 0 Å². The van der Waals surface area contributed by atoms with Crippen LogP contribution in [0.3, 0.4) is 0 Å². The third-order valence-corrected chi connectivity index (χ3v) is 5.03. The quantitative estimate of drug-likeness (QED) is 0.695. The fourth-order valence-electron chi connectivity index (χ4n) is 2.42. The maximum Gasteiger partial charge on any atom is 0.0962 e. The molecule has 2 heteroatoms. The van der Waals surface area contributed by atoms with E-state index in [2.05, 4.69) is 42.5 Å². The molecule has 0 saturated heterocycles. The molecule has 0 aliphatic heterocycles. The first-order valence-electron chi connectivity index (χ1n) is 7.05. The van der Waals surface area contributed by atoms with Crippen molar-refractivity contribution >= 4 is 22.5 Å². The first-order valence-corrected chi connectivity index (χ1v) is 8.04. The van der Waals surface area contributed by atoms with Gasteiger partial charge < -0.3 is 5.11 Å². The van der Waals surface area contributed by atoms with Gasteiger partial charge >= 0.3 is 0 Å². The monoisotopic (exact) mass is 294 g/mol. The smallest absolute Gasteiger partial charge is 0.0962 e. The Hall–Kier alpha value is -1.77. The Morgan fingerprint density at radius 2 is 1.52 bits per heavy atom. The van der Waals surface area contributed by atoms with E-state index in [1.807, 2.05) is 37.3 Å². The van der Waals surface area contributed by atoms with Gasteiger partial charge in [-0.1, -0.05) is 66.7 Å². The largest absolute Gasteiger partial charge is 0.385 e. The number of rotatable bonds is 4. The summed E-state index contributed by atoms with van der Waals surface area (Å²) in [7, 11) is 0. The molecule has 1 atom stereocenters. The van der Waals surface area contributed by atoms with Gasteiger partial charge in [0.25, 0.3) is 0 Å². The maximum absolute atomic E-state index is 10.7. The van der Waals surface area contributed by atoms with Crippen LogP contribution in [0.1, 0.15) is 12.5 Å². The predicted molar refractivity (Wildman–Crippen MR) is 90.7 cm³/mol. The molecule has 0 spiro atoms. The van der Waals surface area contributed by atoms with Gasteiger partial charge in [0.15, 0.2) is 0 Å². The lowest BCUT2D eigenvalue weighted by Gasteiger charge is -2.23. The van der Waals surface area contributed by atoms with Crippen LogP contribution in [0.4, 0.5) is 0 Å². The van der Waals surface area contributed by atoms with Crippen LogP contribution >= 0.6 is 11.8 Å². The summed E-state index contributed by atoms with van der Waals surface area (Å²) in [6.45, 7) is 1.88. The lowest BCUT2D eigenvalue weighted by molar-refractivity contribution is 0.0839. The lowest BCUT2D eigenvalue weighted by atomic mass is 9.99. The molecule has 21 heavy (non-hydrogen) atoms. The van der Waals surface area contributed by atoms with Gasteiger partial charge in [-0.25, -0.2) is 0 Å². The van der Waals surface area contributed by atoms with Crippen LogP contribution in [-0.2, 0) is 5.60 Å². The Bertz CT molecular complexity index is 729. The van der Waals surface area contributed by atoms with Gasteiger partial charge in [0.2, 0.25) is 0 Å². The number of aliphatic hydroxyl groups is 1. The molecule has 3 rings (SSSR count). The SMILES string of the molecule is CC(O)(CSc1cccc2ccccc12)c1ccccc1. The van der Waals surface area contributed by atoms with E-state index < -0.39 is 5.60 Å². The Labute approximate surface area is 129 Å². The minimum Gasteiger partial charge on any atom is -0.385 e. The van der Waals surface area contributed by atoms with Crippen molar-refractivity contribution in [3.8, 4) is 0 Å². The zero-order chi connectivity index (χ0) is 14.7. The molecule has 3 aromatic rings. The van der Waals surface area contributed by atoms with E-state index in [0.29, 0.717) is 5.75 Å². The lowest BCUT2D eigenvalue weighted by Crippen LogP contribution is -2.24. The van der Waals surface area contributed by atoms with Gasteiger partial charge in [-0.05, 0) is 29.3 Å². The normalized spacial score (nSPS) is 14.0. The molecule has 0 fully saturated rings. The van der Waals surface area contributed by atoms with Crippen molar-refractivity contribution in [2.75, 3.05) is 5.75 Å². The highest BCUT2D eigenvalue weighted by Crippen LogP contribution is 2.33. The molecule has 1 nitrogen and oxygen atoms in total. The second-order valence-electron chi connectivity index (χ2n) is 5.41. The number of fused-ring (bicyclic) bond motifs is 1. The summed E-state index contributed by atoms with van der Waals surface area (Å²) in [4.78, 5) is 1.21. The van der Waals surface area contributed by atoms with Gasteiger partial charge in [0, 0.05) is 10.6 Å². The van der Waals surface area contributed by atoms with Crippen LogP contribution in [0.25, 0.3) is 10.8 Å². The summed E-state index contributed by atoms with van der Waals surface area (Å²) in [6, 6.07) is 24.5. The van der Waals surface area contributed by atoms with Gasteiger partial charge in [0.1, 0.15) is 0 Å². The van der Waals surface area contributed by atoms with Crippen molar-refractivity contribution in [1.82, 2.24) is 0 Å². The van der Waals surface area contributed by atoms with E-state index in [-0.39, 0.29) is 0 Å². The highest BCUT2D eigenvalue weighted by atomic mass is 32.2. The van der Waals surface area contributed by atoms with Gasteiger partial charge in [-0.3, -0.25) is 0 Å². The molecular weight excluding hydrogens is 276 g/mol. The molecule has 0 radical (unpaired) electrons. The molecule has 0 heterocycles. The van der Waals surface area contributed by atoms with E-state index >= 15 is 0 Å². The molecule has 1 unspecified atom stereocenters. The van der Waals surface area contributed by atoms with Crippen molar-refractivity contribution in [1.29, 1.82) is 0 Å². The fraction of sp³-hybridized carbons (Fsp3) is 0.158. The first kappa shape index (κ1) is 14.2. The summed E-state index contributed by atoms with van der Waals surface area (Å²) in [5, 5.41) is 13.2. The molecule has 0 bridgehead atoms. The second-order valence-corrected chi connectivity index (χ2v) is 6.42. The van der Waals surface area contributed by atoms with Crippen LogP contribution in [0.5, 0.6) is 0 Å². The predicted octanol–water partition coefficient (Wildman–Crippen LogP) is 4.84. The third-order valence-electron chi connectivity index (χ3n) is 3.65. The zero-order valence-corrected chi connectivity index (χ0v) is 12.8. The summed E-state index contributed by atoms with van der Waals surface area (Å²) in [6.07, 6.45) is 0. The molecule has 0 aliphatic carbocycles. The van der Waals surface area contributed by atoms with E-state index in [9.17, 15) is 5.11 Å². The van der Waals surface area contributed by atoms with Crippen molar-refractivity contribution in [3.63, 3.8) is 0 Å². The van der Waals surface area contributed by atoms with Crippen LogP contribution in [0, 0.1) is 0 Å². The Morgan fingerprint density at radius 1 is 0.857 bits per heavy atom. The third kappa shape index (κ3) is 3.12. The van der Waals surface area contributed by atoms with Gasteiger partial charge in [0.05, 0.1) is 5.60 Å². The average molecular weight is 294 g/mol. The van der Waals surface area contributed by atoms with E-state index in [1.54, 1.807) is 11.8 Å². The van der Waals surface area contributed by atoms with Crippen LogP contribution in [0.2, 0.25) is 0 Å². The maximum atomic E-state index is 10.7. The number of benzene rings is 3. The molecule has 106 valence electrons. The molecular formula is C19H18OS. The highest BCUT2D eigenvalue weighted by molar-refractivity contribution is 7.99. The van der Waals surface area contributed by atoms with Gasteiger partial charge in [-0.15, -0.1) is 11.8 Å². The number of thioether (sulfide) groups is 1. The number of hydrogen-bond donors (Lipinski definition) is 1. The van der Waals surface area contributed by atoms with E-state index in [0.717, 1.165) is 5.56 Å². The zero-order valence-electron chi connectivity index (χ0n) is 12.0. The van der Waals surface area contributed by atoms with Crippen LogP contribution in [-0.4, -0.2) is 10.9 Å². The average Bonchev–Trinajstić information content (AvgIpc) is 2.54. The summed E-state index contributed by atoms with van der Waals surface area (Å²) in [5.74, 6) is 0.630. The molecule has 0 aliphatic rings. The molecule has 0 aromatic heterocycles. The molecule has 0 amide bonds. The summed E-state index contributed by atoms with van der Waals surface area (Å²) >= 11 is 1.70. The van der Waals surface area contributed by atoms with Crippen molar-refractivity contribution in [3.05, 3.63) is 78.4 Å². The van der Waals surface area contributed by atoms with Gasteiger partial charge in [-0.2, -0.15) is 0 Å². The van der Waals surface area contributed by atoms with Crippen molar-refractivity contribution in [2.24, 2.45) is 0 Å². The first-order chi connectivity index (χ1) is 10.2. The minimum absolute atomic E-state index is 0.630. The van der Waals surface area contributed by atoms with Crippen molar-refractivity contribution in [2.45, 2.75) is 17.4 Å². The summed E-state index contributed by atoms with van der Waals surface area (Å²) < 4.78 is 0. The van der Waals surface area contributed by atoms with Crippen molar-refractivity contribution < 1.29 is 5.11 Å². The minimum atomic E-state index is -0.830. The fourth-order valence-corrected chi connectivity index (χ4v) is 3.54. The Morgan fingerprint density at radius 3 is 2.33 bits per heavy atom. The second kappa shape index (κ2) is 5.92. The van der Waals surface area contributed by atoms with E-state index in [1.165, 1.54) is 15.7 Å². The van der Waals surface area contributed by atoms with Crippen LogP contribution < -0.4 is 0 Å². The summed E-state index contributed by atoms with van der Waals surface area (Å²) in [5.41, 5.74) is 0.126. The number of hydrogen-bond acceptors (Lipinski definition) is 2. The molecule has 3 aromatic carbocycles. The molecule has 0 saturated carbocycles. The topological polar surface area (TPSA) is 20.2 Å². The standard InChI is InChI=1S/C19H18OS/c1-19(20,16-10-3-2-4-11-16)14-21-18-13-7-9-15-8-5-6-12-17(15)18/h2-13,20H,14H2,1H3. The highest BCUT2D eigenvalue weighted by Gasteiger charge is 2.23. The Kier molecular flexibility index (Phi) is 4.00. The van der Waals surface area contributed by atoms with Crippen LogP contribution in [0.15, 0.2) is 77.7 Å². The molecule has 1 N–H and O–H groups in total.